The Labute approximate surface area is 134 Å². The minimum atomic E-state index is -1.37. The van der Waals surface area contributed by atoms with Gasteiger partial charge in [0.15, 0.2) is 0 Å². The van der Waals surface area contributed by atoms with E-state index in [-0.39, 0.29) is 31.6 Å². The van der Waals surface area contributed by atoms with Gasteiger partial charge in [-0.1, -0.05) is 18.2 Å². The number of ether oxygens (including phenoxy) is 1. The van der Waals surface area contributed by atoms with Crippen LogP contribution < -0.4 is 5.32 Å². The molecule has 6 nitrogen and oxygen atoms in total. The van der Waals surface area contributed by atoms with E-state index in [0.717, 1.165) is 0 Å². The number of hydrogen-bond donors (Lipinski definition) is 2. The molecular weight excluding hydrogens is 303 g/mol. The smallest absolute Gasteiger partial charge is 0.329 e. The van der Waals surface area contributed by atoms with Crippen molar-refractivity contribution in [1.82, 2.24) is 10.2 Å². The van der Waals surface area contributed by atoms with Gasteiger partial charge in [-0.25, -0.2) is 9.18 Å². The number of carboxylic acid groups (broad SMARTS) is 1. The molecule has 0 aromatic heterocycles. The highest BCUT2D eigenvalue weighted by molar-refractivity contribution is 5.90. The van der Waals surface area contributed by atoms with Gasteiger partial charge in [0, 0.05) is 31.6 Å². The standard InChI is InChI=1S/C16H21FN2O4/c1-19(2)13(11-5-3-4-6-12(11)17)14(20)18-16(15(21)22)7-9-23-10-8-16/h3-6,13H,7-10H2,1-2H3,(H,18,20)(H,21,22)/t13-/m0/s1. The number of nitrogens with one attached hydrogen (secondary N) is 1. The molecule has 1 atom stereocenters. The van der Waals surface area contributed by atoms with Crippen LogP contribution in [-0.4, -0.2) is 54.7 Å². The van der Waals surface area contributed by atoms with Gasteiger partial charge in [0.05, 0.1) is 0 Å². The topological polar surface area (TPSA) is 78.9 Å². The van der Waals surface area contributed by atoms with Gasteiger partial charge < -0.3 is 15.2 Å². The van der Waals surface area contributed by atoms with Gasteiger partial charge in [0.25, 0.3) is 0 Å². The first-order chi connectivity index (χ1) is 10.9. The summed E-state index contributed by atoms with van der Waals surface area (Å²) in [4.78, 5) is 25.9. The maximum absolute atomic E-state index is 14.0. The zero-order valence-corrected chi connectivity index (χ0v) is 13.2. The number of benzene rings is 1. The van der Waals surface area contributed by atoms with Crippen molar-refractivity contribution in [3.05, 3.63) is 35.6 Å². The van der Waals surface area contributed by atoms with Crippen molar-refractivity contribution in [3.63, 3.8) is 0 Å². The summed E-state index contributed by atoms with van der Waals surface area (Å²) in [7, 11) is 3.29. The fourth-order valence-electron chi connectivity index (χ4n) is 2.77. The quantitative estimate of drug-likeness (QED) is 0.850. The number of halogens is 1. The molecule has 2 rings (SSSR count). The maximum atomic E-state index is 14.0. The first kappa shape index (κ1) is 17.4. The summed E-state index contributed by atoms with van der Waals surface area (Å²) in [5.41, 5.74) is -1.16. The fourth-order valence-corrected chi connectivity index (χ4v) is 2.77. The van der Waals surface area contributed by atoms with Crippen molar-refractivity contribution >= 4 is 11.9 Å². The van der Waals surface area contributed by atoms with Gasteiger partial charge in [-0.2, -0.15) is 0 Å². The number of hydrogen-bond acceptors (Lipinski definition) is 4. The lowest BCUT2D eigenvalue weighted by atomic mass is 9.89. The van der Waals surface area contributed by atoms with E-state index < -0.39 is 29.3 Å². The third-order valence-corrected chi connectivity index (χ3v) is 4.08. The summed E-state index contributed by atoms with van der Waals surface area (Å²) in [5, 5.41) is 12.1. The summed E-state index contributed by atoms with van der Waals surface area (Å²) in [5.74, 6) is -2.14. The lowest BCUT2D eigenvalue weighted by Crippen LogP contribution is -2.59. The maximum Gasteiger partial charge on any atom is 0.329 e. The van der Waals surface area contributed by atoms with E-state index in [4.69, 9.17) is 4.74 Å². The summed E-state index contributed by atoms with van der Waals surface area (Å²) in [6.07, 6.45) is 0.372. The lowest BCUT2D eigenvalue weighted by molar-refractivity contribution is -0.153. The molecule has 7 heteroatoms. The van der Waals surface area contributed by atoms with Crippen LogP contribution in [0.5, 0.6) is 0 Å². The van der Waals surface area contributed by atoms with Gasteiger partial charge in [0.2, 0.25) is 5.91 Å². The molecule has 23 heavy (non-hydrogen) atoms. The van der Waals surface area contributed by atoms with Crippen molar-refractivity contribution < 1.29 is 23.8 Å². The first-order valence-electron chi connectivity index (χ1n) is 7.41. The Balaban J connectivity index is 2.28. The molecule has 1 heterocycles. The van der Waals surface area contributed by atoms with E-state index in [0.29, 0.717) is 0 Å². The number of rotatable bonds is 5. The Morgan fingerprint density at radius 1 is 1.30 bits per heavy atom. The third-order valence-electron chi connectivity index (χ3n) is 4.08. The second-order valence-electron chi connectivity index (χ2n) is 5.88. The Kier molecular flexibility index (Phi) is 5.33. The van der Waals surface area contributed by atoms with Crippen LogP contribution in [-0.2, 0) is 14.3 Å². The highest BCUT2D eigenvalue weighted by Gasteiger charge is 2.43. The average molecular weight is 324 g/mol. The molecule has 0 aliphatic carbocycles. The van der Waals surface area contributed by atoms with Crippen LogP contribution >= 0.6 is 0 Å². The number of aliphatic carboxylic acids is 1. The molecule has 1 aliphatic heterocycles. The number of amides is 1. The molecule has 1 fully saturated rings. The number of likely N-dealkylation sites (N-methyl/N-ethyl adjacent to an activating group) is 1. The van der Waals surface area contributed by atoms with E-state index in [9.17, 15) is 19.1 Å². The molecule has 1 aromatic rings. The van der Waals surface area contributed by atoms with E-state index in [1.54, 1.807) is 31.1 Å². The molecule has 1 saturated heterocycles. The van der Waals surface area contributed by atoms with Crippen LogP contribution in [0.3, 0.4) is 0 Å². The Morgan fingerprint density at radius 2 is 1.91 bits per heavy atom. The van der Waals surface area contributed by atoms with E-state index in [1.807, 2.05) is 0 Å². The zero-order chi connectivity index (χ0) is 17.0. The van der Waals surface area contributed by atoms with E-state index in [1.165, 1.54) is 12.1 Å². The molecule has 126 valence electrons. The van der Waals surface area contributed by atoms with Crippen LogP contribution in [0.4, 0.5) is 4.39 Å². The van der Waals surface area contributed by atoms with Crippen molar-refractivity contribution in [3.8, 4) is 0 Å². The predicted octanol–water partition coefficient (Wildman–Crippen LogP) is 1.18. The van der Waals surface area contributed by atoms with Crippen LogP contribution in [0, 0.1) is 5.82 Å². The average Bonchev–Trinajstić information content (AvgIpc) is 2.50. The molecule has 1 amide bonds. The van der Waals surface area contributed by atoms with Gasteiger partial charge in [-0.3, -0.25) is 9.69 Å². The largest absolute Gasteiger partial charge is 0.480 e. The first-order valence-corrected chi connectivity index (χ1v) is 7.41. The summed E-state index contributed by atoms with van der Waals surface area (Å²) in [6, 6.07) is 5.08. The Morgan fingerprint density at radius 3 is 2.43 bits per heavy atom. The van der Waals surface area contributed by atoms with Crippen LogP contribution in [0.15, 0.2) is 24.3 Å². The zero-order valence-electron chi connectivity index (χ0n) is 13.2. The minimum Gasteiger partial charge on any atom is -0.480 e. The molecule has 0 radical (unpaired) electrons. The number of carboxylic acids is 1. The van der Waals surface area contributed by atoms with Gasteiger partial charge >= 0.3 is 5.97 Å². The van der Waals surface area contributed by atoms with Gasteiger partial charge in [0.1, 0.15) is 17.4 Å². The highest BCUT2D eigenvalue weighted by Crippen LogP contribution is 2.26. The molecule has 0 unspecified atom stereocenters. The third kappa shape index (κ3) is 3.68. The Bertz CT molecular complexity index is 585. The number of carbonyl (C=O) groups excluding carboxylic acids is 1. The SMILES string of the molecule is CN(C)[C@H](C(=O)NC1(C(=O)O)CCOCC1)c1ccccc1F. The highest BCUT2D eigenvalue weighted by atomic mass is 19.1. The molecule has 0 saturated carbocycles. The van der Waals surface area contributed by atoms with Crippen molar-refractivity contribution in [2.75, 3.05) is 27.3 Å². The second-order valence-corrected chi connectivity index (χ2v) is 5.88. The van der Waals surface area contributed by atoms with Crippen LogP contribution in [0.25, 0.3) is 0 Å². The normalized spacial score (nSPS) is 18.4. The molecule has 0 bridgehead atoms. The number of nitrogens with zero attached hydrogens (tertiary/aromatic N) is 1. The van der Waals surface area contributed by atoms with Crippen LogP contribution in [0.1, 0.15) is 24.4 Å². The van der Waals surface area contributed by atoms with Crippen molar-refractivity contribution in [1.29, 1.82) is 0 Å². The van der Waals surface area contributed by atoms with Gasteiger partial charge in [-0.15, -0.1) is 0 Å². The molecule has 1 aromatic carbocycles. The van der Waals surface area contributed by atoms with Gasteiger partial charge in [-0.05, 0) is 20.2 Å². The summed E-state index contributed by atoms with van der Waals surface area (Å²) in [6.45, 7) is 0.526. The number of carbonyl (C=O) groups is 2. The fraction of sp³-hybridized carbons (Fsp3) is 0.500. The summed E-state index contributed by atoms with van der Waals surface area (Å²) >= 11 is 0. The lowest BCUT2D eigenvalue weighted by Gasteiger charge is -2.36. The molecular formula is C16H21FN2O4. The minimum absolute atomic E-state index is 0.186. The van der Waals surface area contributed by atoms with Crippen LogP contribution in [0.2, 0.25) is 0 Å². The van der Waals surface area contributed by atoms with Crippen molar-refractivity contribution in [2.24, 2.45) is 0 Å². The Hall–Kier alpha value is -1.99. The molecule has 2 N–H and O–H groups in total. The summed E-state index contributed by atoms with van der Waals surface area (Å²) < 4.78 is 19.2. The van der Waals surface area contributed by atoms with E-state index >= 15 is 0 Å². The second kappa shape index (κ2) is 7.06. The van der Waals surface area contributed by atoms with E-state index in [2.05, 4.69) is 5.32 Å². The molecule has 0 spiro atoms. The predicted molar refractivity (Wildman–Crippen MR) is 81.4 cm³/mol. The molecule has 1 aliphatic rings. The van der Waals surface area contributed by atoms with Crippen molar-refractivity contribution in [2.45, 2.75) is 24.4 Å². The monoisotopic (exact) mass is 324 g/mol.